The number of aryl methyl sites for hydroxylation is 1. The number of imide groups is 1. The molecule has 1 aromatic heterocycles. The summed E-state index contributed by atoms with van der Waals surface area (Å²) in [6.45, 7) is 1.73. The highest BCUT2D eigenvalue weighted by atomic mass is 35.5. The summed E-state index contributed by atoms with van der Waals surface area (Å²) in [6, 6.07) is 11.9. The van der Waals surface area contributed by atoms with Crippen LogP contribution >= 0.6 is 11.6 Å². The van der Waals surface area contributed by atoms with Crippen LogP contribution in [-0.4, -0.2) is 23.9 Å². The number of hydrogen-bond acceptors (Lipinski definition) is 4. The van der Waals surface area contributed by atoms with E-state index in [0.29, 0.717) is 44.2 Å². The molecule has 0 bridgehead atoms. The van der Waals surface area contributed by atoms with Crippen LogP contribution in [0.15, 0.2) is 42.5 Å². The molecular weight excluding hydrogens is 340 g/mol. The lowest BCUT2D eigenvalue weighted by Crippen LogP contribution is -2.29. The molecule has 0 fully saturated rings. The molecule has 5 nitrogen and oxygen atoms in total. The van der Waals surface area contributed by atoms with Gasteiger partial charge >= 0.3 is 0 Å². The van der Waals surface area contributed by atoms with E-state index in [9.17, 15) is 9.59 Å². The molecular formula is C19H13ClN2O3. The van der Waals surface area contributed by atoms with E-state index in [1.165, 1.54) is 4.90 Å². The van der Waals surface area contributed by atoms with Gasteiger partial charge < -0.3 is 4.74 Å². The van der Waals surface area contributed by atoms with E-state index >= 15 is 0 Å². The zero-order valence-corrected chi connectivity index (χ0v) is 14.3. The monoisotopic (exact) mass is 352 g/mol. The minimum absolute atomic E-state index is 0.329. The number of pyridine rings is 1. The second kappa shape index (κ2) is 5.57. The van der Waals surface area contributed by atoms with Gasteiger partial charge in [-0.2, -0.15) is 0 Å². The van der Waals surface area contributed by atoms with Crippen LogP contribution in [0.5, 0.6) is 5.75 Å². The molecule has 0 saturated carbocycles. The number of carbonyl (C=O) groups is 2. The van der Waals surface area contributed by atoms with Crippen molar-refractivity contribution in [2.24, 2.45) is 0 Å². The van der Waals surface area contributed by atoms with Gasteiger partial charge in [0.05, 0.1) is 35.1 Å². The molecule has 2 heterocycles. The maximum Gasteiger partial charge on any atom is 0.268 e. The summed E-state index contributed by atoms with van der Waals surface area (Å²) in [4.78, 5) is 31.6. The Morgan fingerprint density at radius 3 is 2.36 bits per heavy atom. The average Bonchev–Trinajstić information content (AvgIpc) is 2.88. The summed E-state index contributed by atoms with van der Waals surface area (Å²) in [7, 11) is 1.56. The topological polar surface area (TPSA) is 59.5 Å². The van der Waals surface area contributed by atoms with Crippen LogP contribution in [0.2, 0.25) is 5.02 Å². The van der Waals surface area contributed by atoms with Gasteiger partial charge in [0.25, 0.3) is 11.8 Å². The predicted molar refractivity (Wildman–Crippen MR) is 95.6 cm³/mol. The van der Waals surface area contributed by atoms with Crippen molar-refractivity contribution < 1.29 is 14.3 Å². The number of rotatable bonds is 2. The SMILES string of the molecule is COc1ccc(N2C(=O)c3c(C)nc4ccc(Cl)cc4c3C2=O)cc1. The molecule has 2 aromatic carbocycles. The van der Waals surface area contributed by atoms with E-state index in [2.05, 4.69) is 4.98 Å². The number of amides is 2. The maximum atomic E-state index is 13.0. The van der Waals surface area contributed by atoms with Crippen LogP contribution in [-0.2, 0) is 0 Å². The molecule has 0 saturated heterocycles. The van der Waals surface area contributed by atoms with Crippen molar-refractivity contribution >= 4 is 40.0 Å². The van der Waals surface area contributed by atoms with Gasteiger partial charge in [-0.1, -0.05) is 11.6 Å². The standard InChI is InChI=1S/C19H13ClN2O3/c1-10-16-17(14-9-11(20)3-8-15(14)21-10)19(24)22(18(16)23)12-4-6-13(25-2)7-5-12/h3-9H,1-2H3. The smallest absolute Gasteiger partial charge is 0.268 e. The Labute approximate surface area is 148 Å². The first-order valence-corrected chi connectivity index (χ1v) is 8.02. The van der Waals surface area contributed by atoms with E-state index in [1.807, 2.05) is 0 Å². The third-order valence-corrected chi connectivity index (χ3v) is 4.53. The van der Waals surface area contributed by atoms with Crippen LogP contribution in [0.25, 0.3) is 10.9 Å². The van der Waals surface area contributed by atoms with E-state index in [0.717, 1.165) is 0 Å². The van der Waals surface area contributed by atoms with E-state index in [-0.39, 0.29) is 11.8 Å². The normalized spacial score (nSPS) is 13.5. The first-order valence-electron chi connectivity index (χ1n) is 7.64. The summed E-state index contributed by atoms with van der Waals surface area (Å²) in [5.74, 6) is -0.101. The van der Waals surface area contributed by atoms with Gasteiger partial charge in [-0.05, 0) is 49.4 Å². The minimum atomic E-state index is -0.378. The summed E-state index contributed by atoms with van der Waals surface area (Å²) in [5.41, 5.74) is 2.33. The second-order valence-electron chi connectivity index (χ2n) is 5.75. The summed E-state index contributed by atoms with van der Waals surface area (Å²) in [6.07, 6.45) is 0. The van der Waals surface area contributed by atoms with Crippen molar-refractivity contribution in [1.82, 2.24) is 4.98 Å². The zero-order valence-electron chi connectivity index (χ0n) is 13.5. The molecule has 124 valence electrons. The molecule has 1 aliphatic rings. The number of fused-ring (bicyclic) bond motifs is 3. The number of methoxy groups -OCH3 is 1. The Kier molecular flexibility index (Phi) is 3.47. The van der Waals surface area contributed by atoms with Gasteiger partial charge in [-0.15, -0.1) is 0 Å². The number of ether oxygens (including phenoxy) is 1. The van der Waals surface area contributed by atoms with Crippen LogP contribution in [0, 0.1) is 6.92 Å². The number of hydrogen-bond donors (Lipinski definition) is 0. The zero-order chi connectivity index (χ0) is 17.7. The number of halogens is 1. The number of benzene rings is 2. The van der Waals surface area contributed by atoms with Gasteiger partial charge in [-0.25, -0.2) is 4.90 Å². The molecule has 0 N–H and O–H groups in total. The van der Waals surface area contributed by atoms with Crippen molar-refractivity contribution in [3.05, 3.63) is 64.3 Å². The van der Waals surface area contributed by atoms with Gasteiger partial charge in [-0.3, -0.25) is 14.6 Å². The lowest BCUT2D eigenvalue weighted by atomic mass is 10.0. The average molecular weight is 353 g/mol. The van der Waals surface area contributed by atoms with Crippen molar-refractivity contribution in [2.75, 3.05) is 12.0 Å². The minimum Gasteiger partial charge on any atom is -0.497 e. The van der Waals surface area contributed by atoms with Gasteiger partial charge in [0, 0.05) is 10.4 Å². The van der Waals surface area contributed by atoms with Crippen molar-refractivity contribution in [1.29, 1.82) is 0 Å². The number of aromatic nitrogens is 1. The van der Waals surface area contributed by atoms with Crippen molar-refractivity contribution in [2.45, 2.75) is 6.92 Å². The fraction of sp³-hybridized carbons (Fsp3) is 0.105. The first-order chi connectivity index (χ1) is 12.0. The largest absolute Gasteiger partial charge is 0.497 e. The molecule has 4 rings (SSSR count). The van der Waals surface area contributed by atoms with Gasteiger partial charge in [0.15, 0.2) is 0 Å². The van der Waals surface area contributed by atoms with Crippen LogP contribution in [0.4, 0.5) is 5.69 Å². The molecule has 1 aliphatic heterocycles. The summed E-state index contributed by atoms with van der Waals surface area (Å²) >= 11 is 6.08. The Morgan fingerprint density at radius 2 is 1.68 bits per heavy atom. The van der Waals surface area contributed by atoms with Gasteiger partial charge in [0.1, 0.15) is 5.75 Å². The molecule has 0 aliphatic carbocycles. The molecule has 0 atom stereocenters. The highest BCUT2D eigenvalue weighted by Crippen LogP contribution is 2.35. The quantitative estimate of drug-likeness (QED) is 0.654. The summed E-state index contributed by atoms with van der Waals surface area (Å²) in [5, 5.41) is 1.07. The highest BCUT2D eigenvalue weighted by molar-refractivity contribution is 6.38. The number of anilines is 1. The highest BCUT2D eigenvalue weighted by Gasteiger charge is 2.40. The van der Waals surface area contributed by atoms with Gasteiger partial charge in [0.2, 0.25) is 0 Å². The van der Waals surface area contributed by atoms with E-state index in [1.54, 1.807) is 56.5 Å². The molecule has 6 heteroatoms. The number of nitrogens with zero attached hydrogens (tertiary/aromatic N) is 2. The van der Waals surface area contributed by atoms with Crippen LogP contribution in [0.1, 0.15) is 26.4 Å². The van der Waals surface area contributed by atoms with Crippen molar-refractivity contribution in [3.8, 4) is 5.75 Å². The molecule has 0 spiro atoms. The molecule has 2 amide bonds. The molecule has 25 heavy (non-hydrogen) atoms. The molecule has 0 radical (unpaired) electrons. The fourth-order valence-corrected chi connectivity index (χ4v) is 3.30. The Balaban J connectivity index is 1.93. The Hall–Kier alpha value is -2.92. The predicted octanol–water partition coefficient (Wildman–Crippen LogP) is 4.01. The van der Waals surface area contributed by atoms with Crippen molar-refractivity contribution in [3.63, 3.8) is 0 Å². The molecule has 0 unspecified atom stereocenters. The molecule has 3 aromatic rings. The van der Waals surface area contributed by atoms with Crippen LogP contribution < -0.4 is 9.64 Å². The Bertz CT molecular complexity index is 1040. The number of carbonyl (C=O) groups excluding carboxylic acids is 2. The maximum absolute atomic E-state index is 13.0. The third-order valence-electron chi connectivity index (χ3n) is 4.29. The summed E-state index contributed by atoms with van der Waals surface area (Å²) < 4.78 is 5.12. The lowest BCUT2D eigenvalue weighted by molar-refractivity contribution is 0.0926. The first kappa shape index (κ1) is 15.6. The Morgan fingerprint density at radius 1 is 1.00 bits per heavy atom. The lowest BCUT2D eigenvalue weighted by Gasteiger charge is -2.14. The second-order valence-corrected chi connectivity index (χ2v) is 6.19. The van der Waals surface area contributed by atoms with Crippen LogP contribution in [0.3, 0.4) is 0 Å². The van der Waals surface area contributed by atoms with E-state index < -0.39 is 0 Å². The third kappa shape index (κ3) is 2.27. The fourth-order valence-electron chi connectivity index (χ4n) is 3.12. The van der Waals surface area contributed by atoms with E-state index in [4.69, 9.17) is 16.3 Å².